The second-order valence-electron chi connectivity index (χ2n) is 4.93. The van der Waals surface area contributed by atoms with Gasteiger partial charge in [-0.25, -0.2) is 9.64 Å². The third-order valence-corrected chi connectivity index (χ3v) is 3.37. The molecule has 0 radical (unpaired) electrons. The van der Waals surface area contributed by atoms with Crippen molar-refractivity contribution in [1.82, 2.24) is 9.97 Å². The molecule has 2 aromatic carbocycles. The molecule has 0 spiro atoms. The molecule has 1 N–H and O–H groups in total. The van der Waals surface area contributed by atoms with E-state index in [0.717, 1.165) is 11.1 Å². The number of esters is 1. The normalized spacial score (nSPS) is 10.3. The van der Waals surface area contributed by atoms with Crippen molar-refractivity contribution in [1.29, 1.82) is 0 Å². The van der Waals surface area contributed by atoms with Crippen LogP contribution in [-0.2, 0) is 4.74 Å². The number of hydrogen-bond acceptors (Lipinski definition) is 4. The molecule has 0 saturated carbocycles. The van der Waals surface area contributed by atoms with E-state index in [-0.39, 0.29) is 0 Å². The van der Waals surface area contributed by atoms with Gasteiger partial charge in [-0.2, -0.15) is 4.98 Å². The van der Waals surface area contributed by atoms with Crippen molar-refractivity contribution in [2.24, 2.45) is 0 Å². The minimum absolute atomic E-state index is 0.295. The van der Waals surface area contributed by atoms with Gasteiger partial charge >= 0.3 is 5.97 Å². The maximum atomic E-state index is 11.5. The standard InChI is InChI=1S/C17H13N3O3/c1-10-7-14-15(9-13(10)18-2)20-17(19-14)23-12-6-4-5-11(8-12)16(21)22-3/h4-9H,1,3H3,(H,19,20). The van der Waals surface area contributed by atoms with Crippen LogP contribution in [0, 0.1) is 13.5 Å². The fourth-order valence-electron chi connectivity index (χ4n) is 2.22. The van der Waals surface area contributed by atoms with Crippen LogP contribution in [0.5, 0.6) is 11.8 Å². The lowest BCUT2D eigenvalue weighted by Crippen LogP contribution is -2.00. The number of aryl methyl sites for hydroxylation is 1. The smallest absolute Gasteiger partial charge is 0.337 e. The molecule has 0 aliphatic carbocycles. The van der Waals surface area contributed by atoms with E-state index in [0.29, 0.717) is 28.5 Å². The van der Waals surface area contributed by atoms with E-state index < -0.39 is 5.97 Å². The van der Waals surface area contributed by atoms with Gasteiger partial charge in [0.05, 0.1) is 30.3 Å². The van der Waals surface area contributed by atoms with Gasteiger partial charge in [-0.3, -0.25) is 0 Å². The fourth-order valence-corrected chi connectivity index (χ4v) is 2.22. The maximum absolute atomic E-state index is 11.5. The Hall–Kier alpha value is -3.33. The van der Waals surface area contributed by atoms with Crippen molar-refractivity contribution in [2.45, 2.75) is 6.92 Å². The van der Waals surface area contributed by atoms with E-state index in [1.54, 1.807) is 30.3 Å². The van der Waals surface area contributed by atoms with Crippen molar-refractivity contribution in [3.8, 4) is 11.8 Å². The molecule has 0 fully saturated rings. The topological polar surface area (TPSA) is 68.6 Å². The Balaban J connectivity index is 1.93. The largest absolute Gasteiger partial charge is 0.465 e. The highest BCUT2D eigenvalue weighted by molar-refractivity contribution is 5.89. The minimum atomic E-state index is -0.433. The summed E-state index contributed by atoms with van der Waals surface area (Å²) in [6, 6.07) is 10.5. The Morgan fingerprint density at radius 1 is 1.30 bits per heavy atom. The van der Waals surface area contributed by atoms with Crippen molar-refractivity contribution in [3.05, 3.63) is 58.9 Å². The molecule has 23 heavy (non-hydrogen) atoms. The van der Waals surface area contributed by atoms with Crippen LogP contribution in [0.25, 0.3) is 15.9 Å². The SMILES string of the molecule is [C-]#[N+]c1cc2nc(Oc3cccc(C(=O)OC)c3)[nH]c2cc1C. The third kappa shape index (κ3) is 2.85. The molecule has 1 heterocycles. The summed E-state index contributed by atoms with van der Waals surface area (Å²) < 4.78 is 10.3. The summed E-state index contributed by atoms with van der Waals surface area (Å²) in [5.41, 5.74) is 3.26. The molecular weight excluding hydrogens is 294 g/mol. The monoisotopic (exact) mass is 307 g/mol. The number of aromatic amines is 1. The maximum Gasteiger partial charge on any atom is 0.337 e. The highest BCUT2D eigenvalue weighted by Gasteiger charge is 2.10. The quantitative estimate of drug-likeness (QED) is 0.586. The van der Waals surface area contributed by atoms with E-state index in [1.165, 1.54) is 7.11 Å². The summed E-state index contributed by atoms with van der Waals surface area (Å²) in [7, 11) is 1.33. The lowest BCUT2D eigenvalue weighted by molar-refractivity contribution is 0.0600. The van der Waals surface area contributed by atoms with E-state index in [9.17, 15) is 4.79 Å². The zero-order chi connectivity index (χ0) is 16.4. The molecule has 0 atom stereocenters. The summed E-state index contributed by atoms with van der Waals surface area (Å²) in [6.07, 6.45) is 0. The summed E-state index contributed by atoms with van der Waals surface area (Å²) in [4.78, 5) is 22.4. The zero-order valence-corrected chi connectivity index (χ0v) is 12.6. The summed E-state index contributed by atoms with van der Waals surface area (Å²) in [5.74, 6) is 0.0338. The molecule has 3 rings (SSSR count). The molecule has 1 aromatic heterocycles. The van der Waals surface area contributed by atoms with Gasteiger partial charge in [0.15, 0.2) is 5.69 Å². The average molecular weight is 307 g/mol. The molecule has 6 heteroatoms. The van der Waals surface area contributed by atoms with Crippen LogP contribution in [0.4, 0.5) is 5.69 Å². The van der Waals surface area contributed by atoms with Crippen LogP contribution in [-0.4, -0.2) is 23.0 Å². The van der Waals surface area contributed by atoms with Crippen LogP contribution >= 0.6 is 0 Å². The van der Waals surface area contributed by atoms with Gasteiger partial charge in [-0.15, -0.1) is 0 Å². The van der Waals surface area contributed by atoms with Crippen molar-refractivity contribution in [2.75, 3.05) is 7.11 Å². The third-order valence-electron chi connectivity index (χ3n) is 3.37. The van der Waals surface area contributed by atoms with Gasteiger partial charge in [-0.1, -0.05) is 6.07 Å². The number of nitrogens with zero attached hydrogens (tertiary/aromatic N) is 2. The van der Waals surface area contributed by atoms with Gasteiger partial charge in [0.2, 0.25) is 0 Å². The number of carbonyl (C=O) groups is 1. The van der Waals surface area contributed by atoms with Crippen molar-refractivity contribution < 1.29 is 14.3 Å². The van der Waals surface area contributed by atoms with Gasteiger partial charge in [0.1, 0.15) is 5.75 Å². The Morgan fingerprint density at radius 3 is 2.87 bits per heavy atom. The lowest BCUT2D eigenvalue weighted by Gasteiger charge is -2.03. The fraction of sp³-hybridized carbons (Fsp3) is 0.118. The Labute approximate surface area is 132 Å². The van der Waals surface area contributed by atoms with E-state index in [2.05, 4.69) is 19.5 Å². The molecule has 0 aliphatic rings. The second kappa shape index (κ2) is 5.81. The van der Waals surface area contributed by atoms with E-state index in [4.69, 9.17) is 11.3 Å². The second-order valence-corrected chi connectivity index (χ2v) is 4.93. The number of imidazole rings is 1. The average Bonchev–Trinajstić information content (AvgIpc) is 2.94. The number of rotatable bonds is 3. The molecule has 0 unspecified atom stereocenters. The van der Waals surface area contributed by atoms with Crippen LogP contribution in [0.2, 0.25) is 0 Å². The first-order valence-electron chi connectivity index (χ1n) is 6.85. The summed E-state index contributed by atoms with van der Waals surface area (Å²) >= 11 is 0. The van der Waals surface area contributed by atoms with Crippen molar-refractivity contribution in [3.63, 3.8) is 0 Å². The molecule has 0 aliphatic heterocycles. The number of aromatic nitrogens is 2. The number of fused-ring (bicyclic) bond motifs is 1. The highest BCUT2D eigenvalue weighted by atomic mass is 16.5. The molecule has 0 amide bonds. The molecule has 0 bridgehead atoms. The van der Waals surface area contributed by atoms with Gasteiger partial charge in [0.25, 0.3) is 6.01 Å². The van der Waals surface area contributed by atoms with Crippen LogP contribution < -0.4 is 4.74 Å². The van der Waals surface area contributed by atoms with Crippen molar-refractivity contribution >= 4 is 22.7 Å². The molecular formula is C17H13N3O3. The molecule has 3 aromatic rings. The predicted molar refractivity (Wildman–Crippen MR) is 84.9 cm³/mol. The first kappa shape index (κ1) is 14.6. The number of hydrogen-bond donors (Lipinski definition) is 1. The Morgan fingerprint density at radius 2 is 2.13 bits per heavy atom. The van der Waals surface area contributed by atoms with E-state index >= 15 is 0 Å². The Bertz CT molecular complexity index is 938. The zero-order valence-electron chi connectivity index (χ0n) is 12.6. The number of nitrogens with one attached hydrogen (secondary N) is 1. The molecule has 6 nitrogen and oxygen atoms in total. The predicted octanol–water partition coefficient (Wildman–Crippen LogP) is 4.00. The summed E-state index contributed by atoms with van der Waals surface area (Å²) in [6.45, 7) is 9.01. The number of ether oxygens (including phenoxy) is 2. The van der Waals surface area contributed by atoms with Gasteiger partial charge < -0.3 is 14.5 Å². The lowest BCUT2D eigenvalue weighted by atomic mass is 10.2. The van der Waals surface area contributed by atoms with Crippen LogP contribution in [0.3, 0.4) is 0 Å². The first-order chi connectivity index (χ1) is 11.1. The number of H-pyrrole nitrogens is 1. The first-order valence-corrected chi connectivity index (χ1v) is 6.85. The highest BCUT2D eigenvalue weighted by Crippen LogP contribution is 2.28. The van der Waals surface area contributed by atoms with Crippen LogP contribution in [0.15, 0.2) is 36.4 Å². The van der Waals surface area contributed by atoms with Gasteiger partial charge in [-0.05, 0) is 42.8 Å². The van der Waals surface area contributed by atoms with Crippen LogP contribution in [0.1, 0.15) is 15.9 Å². The summed E-state index contributed by atoms with van der Waals surface area (Å²) in [5, 5.41) is 0. The van der Waals surface area contributed by atoms with E-state index in [1.807, 2.05) is 13.0 Å². The molecule has 0 saturated heterocycles. The number of benzene rings is 2. The van der Waals surface area contributed by atoms with Gasteiger partial charge in [0, 0.05) is 0 Å². The number of carbonyl (C=O) groups excluding carboxylic acids is 1. The Kier molecular flexibility index (Phi) is 3.69. The number of methoxy groups -OCH3 is 1. The minimum Gasteiger partial charge on any atom is -0.465 e. The molecule has 114 valence electrons.